The van der Waals surface area contributed by atoms with Crippen LogP contribution in [0.5, 0.6) is 0 Å². The standard InChI is InChI=1S/C28H34N2O2/c31-27-20-28(32)26(30-17-13-24(14-18-30)22-9-5-2-6-10-22)19-25(27)29-15-11-23(12-16-29)21-7-3-1-4-8-21/h1-11,13,25-28,31-32H,12,14-20H2/t25-,26-,27-,28-/m0/s1. The van der Waals surface area contributed by atoms with E-state index in [2.05, 4.69) is 82.6 Å². The molecule has 2 N–H and O–H groups in total. The maximum absolute atomic E-state index is 10.8. The maximum Gasteiger partial charge on any atom is 0.0721 e. The Kier molecular flexibility index (Phi) is 6.56. The van der Waals surface area contributed by atoms with Gasteiger partial charge in [-0.15, -0.1) is 0 Å². The van der Waals surface area contributed by atoms with Gasteiger partial charge in [-0.05, 0) is 41.5 Å². The quantitative estimate of drug-likeness (QED) is 0.774. The van der Waals surface area contributed by atoms with Crippen LogP contribution in [-0.4, -0.2) is 70.5 Å². The Bertz CT molecular complexity index is 878. The number of aliphatic hydroxyl groups is 2. The summed E-state index contributed by atoms with van der Waals surface area (Å²) in [5.41, 5.74) is 5.41. The summed E-state index contributed by atoms with van der Waals surface area (Å²) >= 11 is 0. The number of rotatable bonds is 4. The van der Waals surface area contributed by atoms with Crippen molar-refractivity contribution in [3.8, 4) is 0 Å². The zero-order valence-corrected chi connectivity index (χ0v) is 18.7. The molecule has 0 unspecified atom stereocenters. The highest BCUT2D eigenvalue weighted by molar-refractivity contribution is 5.67. The molecule has 3 aliphatic rings. The van der Waals surface area contributed by atoms with E-state index in [-0.39, 0.29) is 12.1 Å². The van der Waals surface area contributed by atoms with E-state index >= 15 is 0 Å². The summed E-state index contributed by atoms with van der Waals surface area (Å²) in [7, 11) is 0. The Morgan fingerprint density at radius 3 is 1.41 bits per heavy atom. The van der Waals surface area contributed by atoms with Gasteiger partial charge in [-0.2, -0.15) is 0 Å². The van der Waals surface area contributed by atoms with Gasteiger partial charge in [-0.3, -0.25) is 9.80 Å². The Hall–Kier alpha value is -2.24. The van der Waals surface area contributed by atoms with Crippen LogP contribution in [0.4, 0.5) is 0 Å². The van der Waals surface area contributed by atoms with Gasteiger partial charge >= 0.3 is 0 Å². The number of hydrogen-bond acceptors (Lipinski definition) is 4. The van der Waals surface area contributed by atoms with E-state index in [1.165, 1.54) is 22.3 Å². The van der Waals surface area contributed by atoms with E-state index < -0.39 is 12.2 Å². The number of aliphatic hydroxyl groups excluding tert-OH is 2. The van der Waals surface area contributed by atoms with Crippen molar-refractivity contribution in [3.05, 3.63) is 83.9 Å². The van der Waals surface area contributed by atoms with E-state index in [0.717, 1.165) is 45.4 Å². The zero-order chi connectivity index (χ0) is 21.9. The molecule has 0 bridgehead atoms. The third kappa shape index (κ3) is 4.60. The van der Waals surface area contributed by atoms with Crippen LogP contribution in [0.15, 0.2) is 72.8 Å². The van der Waals surface area contributed by atoms with Crippen LogP contribution in [0.3, 0.4) is 0 Å². The van der Waals surface area contributed by atoms with Crippen molar-refractivity contribution in [1.29, 1.82) is 0 Å². The van der Waals surface area contributed by atoms with Gasteiger partial charge < -0.3 is 10.2 Å². The van der Waals surface area contributed by atoms with E-state index in [0.29, 0.717) is 6.42 Å². The number of nitrogens with zero attached hydrogens (tertiary/aromatic N) is 2. The van der Waals surface area contributed by atoms with Crippen LogP contribution in [0, 0.1) is 0 Å². The predicted molar refractivity (Wildman–Crippen MR) is 130 cm³/mol. The summed E-state index contributed by atoms with van der Waals surface area (Å²) in [6, 6.07) is 21.4. The summed E-state index contributed by atoms with van der Waals surface area (Å²) in [4.78, 5) is 4.84. The Balaban J connectivity index is 1.24. The molecule has 4 nitrogen and oxygen atoms in total. The normalized spacial score (nSPS) is 29.9. The van der Waals surface area contributed by atoms with E-state index in [1.807, 2.05) is 0 Å². The molecule has 0 radical (unpaired) electrons. The molecule has 5 rings (SSSR count). The molecule has 32 heavy (non-hydrogen) atoms. The van der Waals surface area contributed by atoms with Crippen LogP contribution in [0.25, 0.3) is 11.1 Å². The average molecular weight is 431 g/mol. The van der Waals surface area contributed by atoms with Crippen LogP contribution < -0.4 is 0 Å². The fourth-order valence-electron chi connectivity index (χ4n) is 5.71. The number of benzene rings is 2. The van der Waals surface area contributed by atoms with Crippen molar-refractivity contribution in [2.75, 3.05) is 26.2 Å². The molecule has 0 amide bonds. The topological polar surface area (TPSA) is 46.9 Å². The Labute approximate surface area is 191 Å². The second-order valence-electron chi connectivity index (χ2n) is 9.42. The molecule has 2 heterocycles. The van der Waals surface area contributed by atoms with Gasteiger partial charge in [0.15, 0.2) is 0 Å². The first-order valence-electron chi connectivity index (χ1n) is 12.0. The fraction of sp³-hybridized carbons (Fsp3) is 0.429. The van der Waals surface area contributed by atoms with Crippen molar-refractivity contribution in [2.45, 2.75) is 50.0 Å². The lowest BCUT2D eigenvalue weighted by atomic mass is 9.83. The van der Waals surface area contributed by atoms with Crippen molar-refractivity contribution in [1.82, 2.24) is 9.80 Å². The van der Waals surface area contributed by atoms with Crippen molar-refractivity contribution in [3.63, 3.8) is 0 Å². The molecule has 1 aliphatic carbocycles. The largest absolute Gasteiger partial charge is 0.391 e. The molecule has 0 saturated heterocycles. The molecular formula is C28H34N2O2. The summed E-state index contributed by atoms with van der Waals surface area (Å²) < 4.78 is 0. The minimum Gasteiger partial charge on any atom is -0.391 e. The minimum absolute atomic E-state index is 0.108. The van der Waals surface area contributed by atoms with E-state index in [4.69, 9.17) is 0 Å². The SMILES string of the molecule is O[C@H]1C[C@H](O)[C@@H](N2CC=C(c3ccccc3)CC2)C[C@@H]1N1CC=C(c2ccccc2)CC1. The molecule has 4 atom stereocenters. The summed E-state index contributed by atoms with van der Waals surface area (Å²) in [6.45, 7) is 3.66. The lowest BCUT2D eigenvalue weighted by molar-refractivity contribution is -0.0686. The zero-order valence-electron chi connectivity index (χ0n) is 18.7. The molecule has 2 aromatic carbocycles. The lowest BCUT2D eigenvalue weighted by Crippen LogP contribution is -2.58. The molecule has 1 saturated carbocycles. The van der Waals surface area contributed by atoms with Crippen molar-refractivity contribution in [2.24, 2.45) is 0 Å². The lowest BCUT2D eigenvalue weighted by Gasteiger charge is -2.47. The minimum atomic E-state index is -0.465. The fourth-order valence-corrected chi connectivity index (χ4v) is 5.71. The van der Waals surface area contributed by atoms with Gasteiger partial charge in [0.25, 0.3) is 0 Å². The summed E-state index contributed by atoms with van der Waals surface area (Å²) in [6.07, 6.45) is 7.02. The highest BCUT2D eigenvalue weighted by Crippen LogP contribution is 2.33. The van der Waals surface area contributed by atoms with Gasteiger partial charge in [-0.25, -0.2) is 0 Å². The number of hydrogen-bond donors (Lipinski definition) is 2. The molecule has 4 heteroatoms. The third-order valence-electron chi connectivity index (χ3n) is 7.56. The smallest absolute Gasteiger partial charge is 0.0721 e. The molecule has 2 aliphatic heterocycles. The van der Waals surface area contributed by atoms with Crippen LogP contribution in [0.2, 0.25) is 0 Å². The molecule has 0 aromatic heterocycles. The molecule has 1 fully saturated rings. The van der Waals surface area contributed by atoms with Gasteiger partial charge in [-0.1, -0.05) is 72.8 Å². The van der Waals surface area contributed by atoms with E-state index in [9.17, 15) is 10.2 Å². The molecule has 2 aromatic rings. The van der Waals surface area contributed by atoms with Crippen LogP contribution in [-0.2, 0) is 0 Å². The second-order valence-corrected chi connectivity index (χ2v) is 9.42. The van der Waals surface area contributed by atoms with Crippen molar-refractivity contribution >= 4 is 11.1 Å². The van der Waals surface area contributed by atoms with Gasteiger partial charge in [0.2, 0.25) is 0 Å². The first kappa shape index (κ1) is 21.6. The Morgan fingerprint density at radius 2 is 1.03 bits per heavy atom. The second kappa shape index (κ2) is 9.72. The highest BCUT2D eigenvalue weighted by Gasteiger charge is 2.41. The third-order valence-corrected chi connectivity index (χ3v) is 7.56. The van der Waals surface area contributed by atoms with Crippen molar-refractivity contribution < 1.29 is 10.2 Å². The predicted octanol–water partition coefficient (Wildman–Crippen LogP) is 3.82. The molecular weight excluding hydrogens is 396 g/mol. The van der Waals surface area contributed by atoms with Crippen LogP contribution in [0.1, 0.15) is 36.8 Å². The van der Waals surface area contributed by atoms with Gasteiger partial charge in [0, 0.05) is 44.7 Å². The first-order valence-corrected chi connectivity index (χ1v) is 12.0. The van der Waals surface area contributed by atoms with Crippen LogP contribution >= 0.6 is 0 Å². The average Bonchev–Trinajstić information content (AvgIpc) is 2.86. The molecule has 0 spiro atoms. The monoisotopic (exact) mass is 430 g/mol. The highest BCUT2D eigenvalue weighted by atomic mass is 16.3. The van der Waals surface area contributed by atoms with Gasteiger partial charge in [0.1, 0.15) is 0 Å². The van der Waals surface area contributed by atoms with E-state index in [1.54, 1.807) is 0 Å². The van der Waals surface area contributed by atoms with Gasteiger partial charge in [0.05, 0.1) is 12.2 Å². The summed E-state index contributed by atoms with van der Waals surface area (Å²) in [5.74, 6) is 0. The summed E-state index contributed by atoms with van der Waals surface area (Å²) in [5, 5.41) is 21.7. The maximum atomic E-state index is 10.8. The molecule has 168 valence electrons. The first-order chi connectivity index (χ1) is 15.7. The Morgan fingerprint density at radius 1 is 0.594 bits per heavy atom.